The number of rotatable bonds is 4. The average molecular weight is 353 g/mol. The van der Waals surface area contributed by atoms with Crippen LogP contribution in [-0.4, -0.2) is 47.4 Å². The maximum absolute atomic E-state index is 12.1. The second-order valence-corrected chi connectivity index (χ2v) is 7.17. The van der Waals surface area contributed by atoms with Crippen molar-refractivity contribution in [3.05, 3.63) is 39.9 Å². The molecule has 0 saturated carbocycles. The van der Waals surface area contributed by atoms with Gasteiger partial charge in [0.2, 0.25) is 5.91 Å². The molecule has 5 heteroatoms. The molecule has 0 spiro atoms. The Morgan fingerprint density at radius 2 is 1.96 bits per heavy atom. The summed E-state index contributed by atoms with van der Waals surface area (Å²) in [5.74, 6) is 0.306. The van der Waals surface area contributed by atoms with Crippen molar-refractivity contribution in [2.24, 2.45) is 0 Å². The smallest absolute Gasteiger partial charge is 0.222 e. The average Bonchev–Trinajstić information content (AvgIpc) is 2.79. The molecule has 0 radical (unpaired) electrons. The number of hydrogen-bond donors (Lipinski definition) is 0. The fourth-order valence-corrected chi connectivity index (χ4v) is 4.17. The monoisotopic (exact) mass is 352 g/mol. The standard InChI is InChI=1S/C18H22Cl2N2O/c1-2-18(23)22-15-7-8-16(22)12-21(11-15)9-3-4-13-5-6-14(19)10-17(13)20/h3-6,10,15-16H,2,7-9,11-12H2,1H3/b4-3+. The van der Waals surface area contributed by atoms with Crippen molar-refractivity contribution in [3.8, 4) is 0 Å². The van der Waals surface area contributed by atoms with E-state index in [1.807, 2.05) is 25.1 Å². The van der Waals surface area contributed by atoms with Gasteiger partial charge in [-0.1, -0.05) is 48.3 Å². The van der Waals surface area contributed by atoms with E-state index >= 15 is 0 Å². The molecule has 3 rings (SSSR count). The second kappa shape index (κ2) is 7.25. The lowest BCUT2D eigenvalue weighted by atomic mass is 10.1. The third kappa shape index (κ3) is 3.73. The number of piperazine rings is 1. The molecule has 0 aromatic heterocycles. The van der Waals surface area contributed by atoms with Crippen LogP contribution in [0.25, 0.3) is 6.08 Å². The zero-order valence-corrected chi connectivity index (χ0v) is 14.9. The summed E-state index contributed by atoms with van der Waals surface area (Å²) in [6, 6.07) is 6.34. The number of amides is 1. The highest BCUT2D eigenvalue weighted by molar-refractivity contribution is 6.35. The van der Waals surface area contributed by atoms with Gasteiger partial charge < -0.3 is 4.90 Å². The lowest BCUT2D eigenvalue weighted by Gasteiger charge is -2.40. The molecule has 124 valence electrons. The van der Waals surface area contributed by atoms with Crippen LogP contribution in [0.4, 0.5) is 0 Å². The summed E-state index contributed by atoms with van der Waals surface area (Å²) < 4.78 is 0. The van der Waals surface area contributed by atoms with E-state index in [0.29, 0.717) is 34.5 Å². The van der Waals surface area contributed by atoms with E-state index in [2.05, 4.69) is 15.9 Å². The predicted molar refractivity (Wildman–Crippen MR) is 95.9 cm³/mol. The maximum atomic E-state index is 12.1. The SMILES string of the molecule is CCC(=O)N1C2CCC1CN(C/C=C/c1ccc(Cl)cc1Cl)C2. The van der Waals surface area contributed by atoms with Gasteiger partial charge >= 0.3 is 0 Å². The van der Waals surface area contributed by atoms with Crippen molar-refractivity contribution >= 4 is 35.2 Å². The van der Waals surface area contributed by atoms with Crippen molar-refractivity contribution < 1.29 is 4.79 Å². The van der Waals surface area contributed by atoms with Crippen LogP contribution in [0, 0.1) is 0 Å². The number of carbonyl (C=O) groups excluding carboxylic acids is 1. The highest BCUT2D eigenvalue weighted by Gasteiger charge is 2.41. The van der Waals surface area contributed by atoms with Crippen molar-refractivity contribution in [1.82, 2.24) is 9.80 Å². The van der Waals surface area contributed by atoms with Gasteiger partial charge in [0.05, 0.1) is 0 Å². The van der Waals surface area contributed by atoms with Gasteiger partial charge in [0.1, 0.15) is 0 Å². The number of halogens is 2. The Kier molecular flexibility index (Phi) is 5.30. The maximum Gasteiger partial charge on any atom is 0.222 e. The van der Waals surface area contributed by atoms with Crippen molar-refractivity contribution in [2.45, 2.75) is 38.3 Å². The third-order valence-corrected chi connectivity index (χ3v) is 5.33. The molecule has 1 amide bonds. The molecular formula is C18H22Cl2N2O. The molecule has 2 atom stereocenters. The summed E-state index contributed by atoms with van der Waals surface area (Å²) in [6.07, 6.45) is 7.08. The molecule has 2 aliphatic rings. The van der Waals surface area contributed by atoms with Crippen LogP contribution in [0.2, 0.25) is 10.0 Å². The number of nitrogens with zero attached hydrogens (tertiary/aromatic N) is 2. The molecule has 2 aliphatic heterocycles. The van der Waals surface area contributed by atoms with E-state index in [1.54, 1.807) is 6.07 Å². The Balaban J connectivity index is 1.58. The van der Waals surface area contributed by atoms with Gasteiger partial charge in [-0.15, -0.1) is 0 Å². The zero-order valence-electron chi connectivity index (χ0n) is 13.3. The highest BCUT2D eigenvalue weighted by Crippen LogP contribution is 2.30. The number of benzene rings is 1. The van der Waals surface area contributed by atoms with E-state index in [1.165, 1.54) is 0 Å². The summed E-state index contributed by atoms with van der Waals surface area (Å²) in [6.45, 7) is 4.79. The number of fused-ring (bicyclic) bond motifs is 2. The molecule has 0 N–H and O–H groups in total. The number of carbonyl (C=O) groups is 1. The van der Waals surface area contributed by atoms with E-state index < -0.39 is 0 Å². The minimum absolute atomic E-state index is 0.306. The van der Waals surface area contributed by atoms with Crippen molar-refractivity contribution in [1.29, 1.82) is 0 Å². The quantitative estimate of drug-likeness (QED) is 0.814. The Hall–Kier alpha value is -1.03. The first-order valence-corrected chi connectivity index (χ1v) is 8.99. The van der Waals surface area contributed by atoms with Gasteiger partial charge in [-0.25, -0.2) is 0 Å². The van der Waals surface area contributed by atoms with Crippen LogP contribution in [0.15, 0.2) is 24.3 Å². The minimum atomic E-state index is 0.306. The summed E-state index contributed by atoms with van der Waals surface area (Å²) in [5.41, 5.74) is 0.985. The summed E-state index contributed by atoms with van der Waals surface area (Å²) in [5, 5.41) is 1.33. The van der Waals surface area contributed by atoms with E-state index in [-0.39, 0.29) is 0 Å². The molecule has 0 aliphatic carbocycles. The first-order valence-electron chi connectivity index (χ1n) is 8.23. The van der Waals surface area contributed by atoms with Crippen LogP contribution >= 0.6 is 23.2 Å². The molecule has 2 saturated heterocycles. The van der Waals surface area contributed by atoms with Crippen LogP contribution in [0.3, 0.4) is 0 Å². The van der Waals surface area contributed by atoms with Crippen LogP contribution in [-0.2, 0) is 4.79 Å². The molecular weight excluding hydrogens is 331 g/mol. The van der Waals surface area contributed by atoms with Gasteiger partial charge in [-0.3, -0.25) is 9.69 Å². The van der Waals surface area contributed by atoms with Crippen LogP contribution < -0.4 is 0 Å². The van der Waals surface area contributed by atoms with E-state index in [0.717, 1.165) is 38.0 Å². The lowest BCUT2D eigenvalue weighted by Crippen LogP contribution is -2.55. The molecule has 2 unspecified atom stereocenters. The second-order valence-electron chi connectivity index (χ2n) is 6.33. The molecule has 2 fully saturated rings. The van der Waals surface area contributed by atoms with Crippen LogP contribution in [0.5, 0.6) is 0 Å². The molecule has 3 nitrogen and oxygen atoms in total. The number of hydrogen-bond acceptors (Lipinski definition) is 2. The van der Waals surface area contributed by atoms with E-state index in [9.17, 15) is 4.79 Å². The Labute approximate surface area is 147 Å². The predicted octanol–water partition coefficient (Wildman–Crippen LogP) is 4.09. The highest BCUT2D eigenvalue weighted by atomic mass is 35.5. The molecule has 23 heavy (non-hydrogen) atoms. The summed E-state index contributed by atoms with van der Waals surface area (Å²) >= 11 is 12.1. The molecule has 2 bridgehead atoms. The van der Waals surface area contributed by atoms with Crippen molar-refractivity contribution in [3.63, 3.8) is 0 Å². The number of likely N-dealkylation sites (tertiary alicyclic amines) is 1. The van der Waals surface area contributed by atoms with Gasteiger partial charge in [0.15, 0.2) is 0 Å². The zero-order chi connectivity index (χ0) is 16.4. The molecule has 1 aromatic carbocycles. The first kappa shape index (κ1) is 16.8. The van der Waals surface area contributed by atoms with E-state index in [4.69, 9.17) is 23.2 Å². The summed E-state index contributed by atoms with van der Waals surface area (Å²) in [4.78, 5) is 16.6. The van der Waals surface area contributed by atoms with Crippen LogP contribution in [0.1, 0.15) is 31.7 Å². The lowest BCUT2D eigenvalue weighted by molar-refractivity contribution is -0.136. The normalized spacial score (nSPS) is 24.6. The van der Waals surface area contributed by atoms with Gasteiger partial charge in [0, 0.05) is 48.2 Å². The van der Waals surface area contributed by atoms with Gasteiger partial charge in [-0.2, -0.15) is 0 Å². The van der Waals surface area contributed by atoms with Gasteiger partial charge in [0.25, 0.3) is 0 Å². The Bertz CT molecular complexity index is 603. The minimum Gasteiger partial charge on any atom is -0.334 e. The molecule has 1 aromatic rings. The fourth-order valence-electron chi connectivity index (χ4n) is 3.69. The first-order chi connectivity index (χ1) is 11.1. The third-order valence-electron chi connectivity index (χ3n) is 4.77. The topological polar surface area (TPSA) is 23.6 Å². The Morgan fingerprint density at radius 1 is 1.26 bits per heavy atom. The summed E-state index contributed by atoms with van der Waals surface area (Å²) in [7, 11) is 0. The largest absolute Gasteiger partial charge is 0.334 e. The van der Waals surface area contributed by atoms with Crippen molar-refractivity contribution in [2.75, 3.05) is 19.6 Å². The van der Waals surface area contributed by atoms with Gasteiger partial charge in [-0.05, 0) is 30.5 Å². The molecule has 2 heterocycles. The fraction of sp³-hybridized carbons (Fsp3) is 0.500. The Morgan fingerprint density at radius 3 is 2.57 bits per heavy atom.